The second-order valence-electron chi connectivity index (χ2n) is 6.64. The Morgan fingerprint density at radius 1 is 1.18 bits per heavy atom. The number of likely N-dealkylation sites (tertiary alicyclic amines) is 1. The van der Waals surface area contributed by atoms with Crippen LogP contribution in [0.1, 0.15) is 24.8 Å². The average molecular weight is 323 g/mol. The maximum atomic E-state index is 11.6. The van der Waals surface area contributed by atoms with E-state index < -0.39 is 10.0 Å². The zero-order valence-electron chi connectivity index (χ0n) is 13.2. The molecule has 122 valence electrons. The van der Waals surface area contributed by atoms with E-state index in [1.54, 1.807) is 4.31 Å². The largest absolute Gasteiger partial charge is 0.299 e. The van der Waals surface area contributed by atoms with Gasteiger partial charge in [-0.2, -0.15) is 0 Å². The fraction of sp³-hybridized carbons (Fsp3) is 0.688. The highest BCUT2D eigenvalue weighted by atomic mass is 32.2. The van der Waals surface area contributed by atoms with E-state index >= 15 is 0 Å². The molecule has 3 heterocycles. The van der Waals surface area contributed by atoms with E-state index in [-0.39, 0.29) is 0 Å². The summed E-state index contributed by atoms with van der Waals surface area (Å²) in [5.41, 5.74) is 1.27. The topological polar surface area (TPSA) is 53.5 Å². The number of hydrogen-bond acceptors (Lipinski definition) is 4. The lowest BCUT2D eigenvalue weighted by Crippen LogP contribution is -2.36. The number of aromatic nitrogens is 1. The van der Waals surface area contributed by atoms with Gasteiger partial charge in [0.25, 0.3) is 0 Å². The van der Waals surface area contributed by atoms with Crippen LogP contribution < -0.4 is 0 Å². The van der Waals surface area contributed by atoms with Gasteiger partial charge in [-0.05, 0) is 55.8 Å². The van der Waals surface area contributed by atoms with E-state index in [0.717, 1.165) is 32.6 Å². The zero-order chi connectivity index (χ0) is 15.6. The molecule has 22 heavy (non-hydrogen) atoms. The van der Waals surface area contributed by atoms with Crippen LogP contribution in [-0.2, 0) is 16.6 Å². The summed E-state index contributed by atoms with van der Waals surface area (Å²) >= 11 is 0. The number of nitrogens with zero attached hydrogens (tertiary/aromatic N) is 3. The van der Waals surface area contributed by atoms with Crippen molar-refractivity contribution in [3.8, 4) is 0 Å². The molecule has 0 amide bonds. The van der Waals surface area contributed by atoms with Crippen LogP contribution in [0.4, 0.5) is 0 Å². The molecule has 6 heteroatoms. The first-order chi connectivity index (χ1) is 10.5. The van der Waals surface area contributed by atoms with Gasteiger partial charge in [0.2, 0.25) is 10.0 Å². The highest BCUT2D eigenvalue weighted by Crippen LogP contribution is 2.32. The maximum absolute atomic E-state index is 11.6. The van der Waals surface area contributed by atoms with Crippen molar-refractivity contribution in [3.63, 3.8) is 0 Å². The zero-order valence-corrected chi connectivity index (χ0v) is 14.0. The number of hydrogen-bond donors (Lipinski definition) is 0. The van der Waals surface area contributed by atoms with Crippen molar-refractivity contribution < 1.29 is 8.42 Å². The third-order valence-corrected chi connectivity index (χ3v) is 6.35. The molecular formula is C16H25N3O2S. The van der Waals surface area contributed by atoms with Gasteiger partial charge in [0, 0.05) is 32.0 Å². The van der Waals surface area contributed by atoms with Crippen LogP contribution in [0.2, 0.25) is 0 Å². The first-order valence-electron chi connectivity index (χ1n) is 8.09. The molecule has 1 atom stereocenters. The molecule has 2 fully saturated rings. The molecule has 0 aliphatic carbocycles. The molecule has 0 saturated carbocycles. The summed E-state index contributed by atoms with van der Waals surface area (Å²) < 4.78 is 24.9. The van der Waals surface area contributed by atoms with Gasteiger partial charge in [-0.25, -0.2) is 12.7 Å². The molecule has 0 bridgehead atoms. The second kappa shape index (κ2) is 6.64. The molecule has 0 spiro atoms. The van der Waals surface area contributed by atoms with Gasteiger partial charge in [-0.1, -0.05) is 6.07 Å². The Morgan fingerprint density at radius 3 is 2.50 bits per heavy atom. The van der Waals surface area contributed by atoms with Crippen LogP contribution in [0.3, 0.4) is 0 Å². The monoisotopic (exact) mass is 323 g/mol. The predicted octanol–water partition coefficient (Wildman–Crippen LogP) is 1.58. The van der Waals surface area contributed by atoms with Gasteiger partial charge in [0.1, 0.15) is 0 Å². The van der Waals surface area contributed by atoms with Gasteiger partial charge in [0.15, 0.2) is 0 Å². The molecule has 5 nitrogen and oxygen atoms in total. The van der Waals surface area contributed by atoms with Crippen LogP contribution in [0, 0.1) is 11.8 Å². The Hall–Kier alpha value is -0.980. The SMILES string of the molecule is CS(=O)(=O)N1CC[C@H](C2CCN(Cc3cccnc3)CC2)C1. The van der Waals surface area contributed by atoms with E-state index in [2.05, 4.69) is 16.0 Å². The standard InChI is InChI=1S/C16H25N3O2S/c1-22(20,21)19-10-6-16(13-19)15-4-8-18(9-5-15)12-14-3-2-7-17-11-14/h2-3,7,11,15-16H,4-6,8-10,12-13H2,1H3/t16-/m0/s1. The lowest BCUT2D eigenvalue weighted by molar-refractivity contribution is 0.145. The third kappa shape index (κ3) is 3.86. The minimum absolute atomic E-state index is 0.551. The van der Waals surface area contributed by atoms with Crippen LogP contribution in [0.15, 0.2) is 24.5 Å². The Morgan fingerprint density at radius 2 is 1.91 bits per heavy atom. The molecule has 2 aliphatic rings. The molecular weight excluding hydrogens is 298 g/mol. The molecule has 2 saturated heterocycles. The molecule has 2 aliphatic heterocycles. The first kappa shape index (κ1) is 15.9. The summed E-state index contributed by atoms with van der Waals surface area (Å²) in [6.45, 7) is 4.62. The Bertz CT molecular complexity index is 583. The summed E-state index contributed by atoms with van der Waals surface area (Å²) in [6.07, 6.45) is 8.47. The van der Waals surface area contributed by atoms with Crippen molar-refractivity contribution in [1.82, 2.24) is 14.2 Å². The summed E-state index contributed by atoms with van der Waals surface area (Å²) in [4.78, 5) is 6.65. The van der Waals surface area contributed by atoms with Crippen molar-refractivity contribution in [2.24, 2.45) is 11.8 Å². The molecule has 0 unspecified atom stereocenters. The van der Waals surface area contributed by atoms with Crippen molar-refractivity contribution in [2.75, 3.05) is 32.4 Å². The van der Waals surface area contributed by atoms with Crippen LogP contribution >= 0.6 is 0 Å². The normalized spacial score (nSPS) is 25.6. The van der Waals surface area contributed by atoms with Crippen LogP contribution in [0.25, 0.3) is 0 Å². The Labute approximate surface area is 133 Å². The maximum Gasteiger partial charge on any atom is 0.211 e. The van der Waals surface area contributed by atoms with Gasteiger partial charge in [0.05, 0.1) is 6.26 Å². The smallest absolute Gasteiger partial charge is 0.211 e. The van der Waals surface area contributed by atoms with E-state index in [1.807, 2.05) is 18.5 Å². The van der Waals surface area contributed by atoms with Gasteiger partial charge >= 0.3 is 0 Å². The molecule has 0 N–H and O–H groups in total. The third-order valence-electron chi connectivity index (χ3n) is 5.08. The quantitative estimate of drug-likeness (QED) is 0.844. The highest BCUT2D eigenvalue weighted by molar-refractivity contribution is 7.88. The van der Waals surface area contributed by atoms with Gasteiger partial charge in [-0.3, -0.25) is 9.88 Å². The fourth-order valence-electron chi connectivity index (χ4n) is 3.77. The number of sulfonamides is 1. The second-order valence-corrected chi connectivity index (χ2v) is 8.63. The Kier molecular flexibility index (Phi) is 4.80. The summed E-state index contributed by atoms with van der Waals surface area (Å²) in [5.74, 6) is 1.23. The number of rotatable bonds is 4. The van der Waals surface area contributed by atoms with E-state index in [4.69, 9.17) is 0 Å². The number of pyridine rings is 1. The van der Waals surface area contributed by atoms with Crippen molar-refractivity contribution in [3.05, 3.63) is 30.1 Å². The fourth-order valence-corrected chi connectivity index (χ4v) is 4.67. The lowest BCUT2D eigenvalue weighted by atomic mass is 9.84. The molecule has 1 aromatic rings. The van der Waals surface area contributed by atoms with Crippen molar-refractivity contribution >= 4 is 10.0 Å². The average Bonchev–Trinajstić information content (AvgIpc) is 2.99. The van der Waals surface area contributed by atoms with E-state index in [0.29, 0.717) is 18.4 Å². The van der Waals surface area contributed by atoms with Gasteiger partial charge in [-0.15, -0.1) is 0 Å². The predicted molar refractivity (Wildman–Crippen MR) is 86.8 cm³/mol. The molecule has 1 aromatic heterocycles. The first-order valence-corrected chi connectivity index (χ1v) is 9.93. The van der Waals surface area contributed by atoms with Crippen LogP contribution in [-0.4, -0.2) is 55.0 Å². The van der Waals surface area contributed by atoms with E-state index in [1.165, 1.54) is 24.7 Å². The minimum Gasteiger partial charge on any atom is -0.299 e. The van der Waals surface area contributed by atoms with Crippen LogP contribution in [0.5, 0.6) is 0 Å². The van der Waals surface area contributed by atoms with E-state index in [9.17, 15) is 8.42 Å². The molecule has 0 radical (unpaired) electrons. The van der Waals surface area contributed by atoms with Crippen molar-refractivity contribution in [2.45, 2.75) is 25.8 Å². The van der Waals surface area contributed by atoms with Gasteiger partial charge < -0.3 is 0 Å². The summed E-state index contributed by atoms with van der Waals surface area (Å²) in [6, 6.07) is 4.11. The molecule has 3 rings (SSSR count). The summed E-state index contributed by atoms with van der Waals surface area (Å²) in [5, 5.41) is 0. The lowest BCUT2D eigenvalue weighted by Gasteiger charge is -2.34. The minimum atomic E-state index is -3.01. The summed E-state index contributed by atoms with van der Waals surface area (Å²) in [7, 11) is -3.01. The number of piperidine rings is 1. The van der Waals surface area contributed by atoms with Crippen molar-refractivity contribution in [1.29, 1.82) is 0 Å². The Balaban J connectivity index is 1.48. The highest BCUT2D eigenvalue weighted by Gasteiger charge is 2.34. The molecule has 0 aromatic carbocycles.